The van der Waals surface area contributed by atoms with Crippen LogP contribution < -0.4 is 0 Å². The predicted molar refractivity (Wildman–Crippen MR) is 71.3 cm³/mol. The highest BCUT2D eigenvalue weighted by molar-refractivity contribution is 5.76. The molecule has 0 saturated heterocycles. The van der Waals surface area contributed by atoms with Gasteiger partial charge in [-0.05, 0) is 26.3 Å². The van der Waals surface area contributed by atoms with Gasteiger partial charge in [0.15, 0.2) is 0 Å². The van der Waals surface area contributed by atoms with Crippen LogP contribution in [-0.2, 0) is 9.53 Å². The van der Waals surface area contributed by atoms with Crippen molar-refractivity contribution in [3.8, 4) is 0 Å². The second kappa shape index (κ2) is 6.01. The van der Waals surface area contributed by atoms with Gasteiger partial charge >= 0.3 is 5.97 Å². The van der Waals surface area contributed by atoms with Gasteiger partial charge in [-0.3, -0.25) is 4.79 Å². The van der Waals surface area contributed by atoms with Crippen LogP contribution in [-0.4, -0.2) is 23.8 Å². The van der Waals surface area contributed by atoms with Crippen LogP contribution in [0.4, 0.5) is 0 Å². The van der Waals surface area contributed by atoms with Crippen LogP contribution in [0.2, 0.25) is 0 Å². The maximum Gasteiger partial charge on any atom is 0.314 e. The van der Waals surface area contributed by atoms with Crippen LogP contribution in [0.15, 0.2) is 30.3 Å². The molecule has 0 aliphatic rings. The number of aliphatic hydroxyl groups is 1. The minimum atomic E-state index is -0.911. The topological polar surface area (TPSA) is 46.5 Å². The average molecular weight is 250 g/mol. The molecule has 0 aromatic heterocycles. The molecule has 0 saturated carbocycles. The zero-order valence-electron chi connectivity index (χ0n) is 11.5. The Morgan fingerprint density at radius 1 is 1.33 bits per heavy atom. The molecule has 0 radical (unpaired) electrons. The van der Waals surface area contributed by atoms with Crippen molar-refractivity contribution in [2.24, 2.45) is 5.41 Å². The molecule has 0 fully saturated rings. The number of carbonyl (C=O) groups is 1. The minimum absolute atomic E-state index is 0.120. The van der Waals surface area contributed by atoms with Crippen LogP contribution in [0.3, 0.4) is 0 Å². The molecule has 1 aromatic carbocycles. The molecule has 3 nitrogen and oxygen atoms in total. The number of hydrogen-bond donors (Lipinski definition) is 1. The standard InChI is InChI=1S/C15H22O3/c1-5-18-14(17)15(3,4)13(16)11(2)12-9-7-6-8-10-12/h6-11,13,16H,5H2,1-4H3/t11-,13-/m0/s1. The Morgan fingerprint density at radius 2 is 1.89 bits per heavy atom. The van der Waals surface area contributed by atoms with Gasteiger partial charge in [0.1, 0.15) is 0 Å². The van der Waals surface area contributed by atoms with E-state index in [9.17, 15) is 9.90 Å². The summed E-state index contributed by atoms with van der Waals surface area (Å²) in [5.41, 5.74) is 0.105. The molecule has 1 aromatic rings. The first kappa shape index (κ1) is 14.7. The summed E-state index contributed by atoms with van der Waals surface area (Å²) in [4.78, 5) is 11.9. The van der Waals surface area contributed by atoms with Gasteiger partial charge in [0.25, 0.3) is 0 Å². The lowest BCUT2D eigenvalue weighted by Crippen LogP contribution is -2.41. The Hall–Kier alpha value is -1.35. The third-order valence-corrected chi connectivity index (χ3v) is 3.34. The van der Waals surface area contributed by atoms with Crippen LogP contribution in [0.1, 0.15) is 39.2 Å². The fourth-order valence-corrected chi connectivity index (χ4v) is 2.00. The zero-order chi connectivity index (χ0) is 13.8. The fraction of sp³-hybridized carbons (Fsp3) is 0.533. The summed E-state index contributed by atoms with van der Waals surface area (Å²) in [6.45, 7) is 7.45. The maximum atomic E-state index is 11.9. The molecule has 100 valence electrons. The number of hydrogen-bond acceptors (Lipinski definition) is 3. The molecule has 1 rings (SSSR count). The summed E-state index contributed by atoms with van der Waals surface area (Å²) >= 11 is 0. The largest absolute Gasteiger partial charge is 0.466 e. The zero-order valence-corrected chi connectivity index (χ0v) is 11.5. The van der Waals surface area contributed by atoms with Crippen molar-refractivity contribution >= 4 is 5.97 Å². The highest BCUT2D eigenvalue weighted by Crippen LogP contribution is 2.33. The second-order valence-electron chi connectivity index (χ2n) is 5.09. The van der Waals surface area contributed by atoms with Crippen LogP contribution in [0, 0.1) is 5.41 Å². The van der Waals surface area contributed by atoms with Crippen LogP contribution in [0.5, 0.6) is 0 Å². The number of carbonyl (C=O) groups excluding carboxylic acids is 1. The minimum Gasteiger partial charge on any atom is -0.466 e. The van der Waals surface area contributed by atoms with Crippen LogP contribution >= 0.6 is 0 Å². The molecule has 0 aliphatic heterocycles. The van der Waals surface area contributed by atoms with Crippen molar-refractivity contribution in [2.75, 3.05) is 6.61 Å². The van der Waals surface area contributed by atoms with Gasteiger partial charge < -0.3 is 9.84 Å². The number of esters is 1. The first-order valence-electron chi connectivity index (χ1n) is 6.31. The van der Waals surface area contributed by atoms with Gasteiger partial charge in [0.05, 0.1) is 18.1 Å². The molecule has 0 heterocycles. The Kier molecular flexibility index (Phi) is 4.91. The summed E-state index contributed by atoms with van der Waals surface area (Å²) in [5, 5.41) is 10.4. The average Bonchev–Trinajstić information content (AvgIpc) is 2.38. The van der Waals surface area contributed by atoms with Gasteiger partial charge in [0, 0.05) is 5.92 Å². The number of ether oxygens (including phenoxy) is 1. The highest BCUT2D eigenvalue weighted by atomic mass is 16.5. The molecule has 0 bridgehead atoms. The molecule has 2 atom stereocenters. The van der Waals surface area contributed by atoms with Gasteiger partial charge in [-0.1, -0.05) is 37.3 Å². The number of benzene rings is 1. The predicted octanol–water partition coefficient (Wildman–Crippen LogP) is 2.74. The summed E-state index contributed by atoms with van der Waals surface area (Å²) in [7, 11) is 0. The Morgan fingerprint density at radius 3 is 2.39 bits per heavy atom. The molecular weight excluding hydrogens is 228 g/mol. The first-order valence-corrected chi connectivity index (χ1v) is 6.31. The van der Waals surface area contributed by atoms with E-state index >= 15 is 0 Å². The third-order valence-electron chi connectivity index (χ3n) is 3.34. The van der Waals surface area contributed by atoms with E-state index in [1.54, 1.807) is 20.8 Å². The van der Waals surface area contributed by atoms with E-state index in [-0.39, 0.29) is 11.9 Å². The van der Waals surface area contributed by atoms with Crippen molar-refractivity contribution in [3.63, 3.8) is 0 Å². The highest BCUT2D eigenvalue weighted by Gasteiger charge is 2.40. The van der Waals surface area contributed by atoms with E-state index in [4.69, 9.17) is 4.74 Å². The van der Waals surface area contributed by atoms with Gasteiger partial charge in [-0.25, -0.2) is 0 Å². The maximum absolute atomic E-state index is 11.9. The van der Waals surface area contributed by atoms with Gasteiger partial charge in [-0.15, -0.1) is 0 Å². The first-order chi connectivity index (χ1) is 8.41. The van der Waals surface area contributed by atoms with Crippen molar-refractivity contribution in [1.82, 2.24) is 0 Å². The van der Waals surface area contributed by atoms with Crippen molar-refractivity contribution in [2.45, 2.75) is 39.7 Å². The smallest absolute Gasteiger partial charge is 0.314 e. The van der Waals surface area contributed by atoms with E-state index < -0.39 is 11.5 Å². The summed E-state index contributed by atoms with van der Waals surface area (Å²) in [6, 6.07) is 9.69. The second-order valence-corrected chi connectivity index (χ2v) is 5.09. The lowest BCUT2D eigenvalue weighted by molar-refractivity contribution is -0.160. The number of rotatable bonds is 5. The molecular formula is C15H22O3. The van der Waals surface area contributed by atoms with Crippen LogP contribution in [0.25, 0.3) is 0 Å². The monoisotopic (exact) mass is 250 g/mol. The lowest BCUT2D eigenvalue weighted by Gasteiger charge is -2.32. The van der Waals surface area contributed by atoms with Crippen molar-refractivity contribution in [3.05, 3.63) is 35.9 Å². The normalized spacial score (nSPS) is 14.9. The Balaban J connectivity index is 2.86. The fourth-order valence-electron chi connectivity index (χ4n) is 2.00. The lowest BCUT2D eigenvalue weighted by atomic mass is 9.77. The van der Waals surface area contributed by atoms with E-state index in [0.29, 0.717) is 6.61 Å². The third kappa shape index (κ3) is 3.10. The molecule has 0 aliphatic carbocycles. The van der Waals surface area contributed by atoms with Gasteiger partial charge in [-0.2, -0.15) is 0 Å². The van der Waals surface area contributed by atoms with E-state index in [1.165, 1.54) is 0 Å². The molecule has 18 heavy (non-hydrogen) atoms. The molecule has 0 unspecified atom stereocenters. The summed E-state index contributed by atoms with van der Waals surface area (Å²) in [6.07, 6.45) is -0.779. The number of aliphatic hydroxyl groups excluding tert-OH is 1. The SMILES string of the molecule is CCOC(=O)C(C)(C)[C@@H](O)[C@@H](C)c1ccccc1. The molecule has 0 spiro atoms. The quantitative estimate of drug-likeness (QED) is 0.817. The molecule has 0 amide bonds. The van der Waals surface area contributed by atoms with E-state index in [2.05, 4.69) is 0 Å². The molecule has 3 heteroatoms. The van der Waals surface area contributed by atoms with Crippen molar-refractivity contribution in [1.29, 1.82) is 0 Å². The van der Waals surface area contributed by atoms with Crippen molar-refractivity contribution < 1.29 is 14.6 Å². The summed E-state index contributed by atoms with van der Waals surface area (Å²) < 4.78 is 5.01. The Labute approximate surface area is 109 Å². The van der Waals surface area contributed by atoms with E-state index in [0.717, 1.165) is 5.56 Å². The summed E-state index contributed by atoms with van der Waals surface area (Å²) in [5.74, 6) is -0.481. The molecule has 1 N–H and O–H groups in total. The Bertz CT molecular complexity index is 384. The van der Waals surface area contributed by atoms with E-state index in [1.807, 2.05) is 37.3 Å². The van der Waals surface area contributed by atoms with Gasteiger partial charge in [0.2, 0.25) is 0 Å².